The van der Waals surface area contributed by atoms with Gasteiger partial charge in [0.2, 0.25) is 5.95 Å². The number of aromatic nitrogens is 4. The summed E-state index contributed by atoms with van der Waals surface area (Å²) in [5.74, 6) is -1.75. The molecule has 2 aliphatic heterocycles. The van der Waals surface area contributed by atoms with Crippen LogP contribution in [0.4, 0.5) is 32.1 Å². The summed E-state index contributed by atoms with van der Waals surface area (Å²) in [6.45, 7) is 3.27. The van der Waals surface area contributed by atoms with Crippen LogP contribution < -0.4 is 15.1 Å². The number of hydrogen-bond donors (Lipinski definition) is 2. The summed E-state index contributed by atoms with van der Waals surface area (Å²) in [5.41, 5.74) is 2.28. The molecule has 0 unspecified atom stereocenters. The summed E-state index contributed by atoms with van der Waals surface area (Å²) in [5, 5.41) is 13.3. The molecule has 4 heterocycles. The average Bonchev–Trinajstić information content (AvgIpc) is 3.67. The number of benzene rings is 1. The lowest BCUT2D eigenvalue weighted by molar-refractivity contribution is -0.0222. The third kappa shape index (κ3) is 5.40. The first-order valence-corrected chi connectivity index (χ1v) is 15.3. The number of nitrogens with zero attached hydrogens (tertiary/aromatic N) is 6. The lowest BCUT2D eigenvalue weighted by Crippen LogP contribution is -2.40. The van der Waals surface area contributed by atoms with E-state index in [0.717, 1.165) is 31.6 Å². The molecule has 3 aromatic rings. The fraction of sp³-hybridized carbons (Fsp3) is 0.556. The van der Waals surface area contributed by atoms with Gasteiger partial charge in [0.15, 0.2) is 9.84 Å². The zero-order chi connectivity index (χ0) is 28.1. The molecule has 2 aromatic heterocycles. The van der Waals surface area contributed by atoms with Gasteiger partial charge in [0.1, 0.15) is 18.0 Å². The quantitative estimate of drug-likeness (QED) is 0.431. The van der Waals surface area contributed by atoms with Crippen molar-refractivity contribution >= 4 is 44.0 Å². The SMILES string of the molecule is Cc1cc(Nc2ncnc3cc(S(=O)(=O)CCO)cc(N4CCC5(CC4)CC5)c23)nc(N2CCC(F)(F)CC2)n1. The molecule has 2 N–H and O–H groups in total. The van der Waals surface area contributed by atoms with Gasteiger partial charge in [0.05, 0.1) is 33.8 Å². The highest BCUT2D eigenvalue weighted by atomic mass is 32.2. The molecule has 0 bridgehead atoms. The summed E-state index contributed by atoms with van der Waals surface area (Å²) in [4.78, 5) is 22.1. The van der Waals surface area contributed by atoms with Crippen LogP contribution in [0.15, 0.2) is 29.4 Å². The van der Waals surface area contributed by atoms with E-state index in [2.05, 4.69) is 30.2 Å². The lowest BCUT2D eigenvalue weighted by Gasteiger charge is -2.35. The maximum atomic E-state index is 13.7. The second kappa shape index (κ2) is 10.0. The molecule has 2 saturated heterocycles. The Hall–Kier alpha value is -3.19. The highest BCUT2D eigenvalue weighted by Crippen LogP contribution is 2.54. The standard InChI is InChI=1S/C27H33F2N7O3S/c1-18-14-22(34-25(32-18)36-10-6-27(28,29)7-11-36)33-24-23-20(30-17-31-24)15-19(40(38,39)13-12-37)16-21(23)35-8-4-26(2-3-26)5-9-35/h14-17,37H,2-13H2,1H3,(H,30,31,32,33,34). The predicted octanol–water partition coefficient (Wildman–Crippen LogP) is 3.85. The molecule has 10 nitrogen and oxygen atoms in total. The number of anilines is 4. The van der Waals surface area contributed by atoms with Gasteiger partial charge in [-0.25, -0.2) is 32.2 Å². The highest BCUT2D eigenvalue weighted by Gasteiger charge is 2.44. The molecule has 1 aromatic carbocycles. The number of halogens is 2. The van der Waals surface area contributed by atoms with Crippen LogP contribution in [-0.4, -0.2) is 77.9 Å². The van der Waals surface area contributed by atoms with Gasteiger partial charge in [-0.3, -0.25) is 0 Å². The van der Waals surface area contributed by atoms with Crippen LogP contribution in [0.5, 0.6) is 0 Å². The summed E-state index contributed by atoms with van der Waals surface area (Å²) in [6.07, 6.45) is 5.45. The number of nitrogens with one attached hydrogen (secondary N) is 1. The third-order valence-corrected chi connectivity index (χ3v) is 10.1. The van der Waals surface area contributed by atoms with Crippen molar-refractivity contribution in [2.75, 3.05) is 53.7 Å². The van der Waals surface area contributed by atoms with Gasteiger partial charge in [-0.05, 0) is 50.2 Å². The Kier molecular flexibility index (Phi) is 6.76. The van der Waals surface area contributed by atoms with Crippen LogP contribution in [0.1, 0.15) is 44.2 Å². The summed E-state index contributed by atoms with van der Waals surface area (Å²) >= 11 is 0. The van der Waals surface area contributed by atoms with Crippen molar-refractivity contribution in [2.24, 2.45) is 5.41 Å². The number of hydrogen-bond acceptors (Lipinski definition) is 10. The van der Waals surface area contributed by atoms with Crippen LogP contribution in [0, 0.1) is 12.3 Å². The fourth-order valence-electron chi connectivity index (χ4n) is 5.72. The largest absolute Gasteiger partial charge is 0.395 e. The molecule has 13 heteroatoms. The maximum Gasteiger partial charge on any atom is 0.251 e. The lowest BCUT2D eigenvalue weighted by atomic mass is 9.93. The molecule has 1 saturated carbocycles. The van der Waals surface area contributed by atoms with E-state index in [4.69, 9.17) is 0 Å². The van der Waals surface area contributed by atoms with Gasteiger partial charge in [0.25, 0.3) is 5.92 Å². The molecule has 1 spiro atoms. The molecular weight excluding hydrogens is 540 g/mol. The zero-order valence-electron chi connectivity index (χ0n) is 22.4. The van der Waals surface area contributed by atoms with Crippen LogP contribution in [0.3, 0.4) is 0 Å². The van der Waals surface area contributed by atoms with Gasteiger partial charge in [0, 0.05) is 50.8 Å². The Balaban J connectivity index is 1.39. The minimum absolute atomic E-state index is 0.113. The first-order chi connectivity index (χ1) is 19.1. The zero-order valence-corrected chi connectivity index (χ0v) is 23.2. The van der Waals surface area contributed by atoms with Crippen LogP contribution in [-0.2, 0) is 9.84 Å². The van der Waals surface area contributed by atoms with Crippen molar-refractivity contribution in [3.63, 3.8) is 0 Å². The molecule has 40 heavy (non-hydrogen) atoms. The summed E-state index contributed by atoms with van der Waals surface area (Å²) < 4.78 is 53.4. The number of fused-ring (bicyclic) bond motifs is 1. The molecule has 0 atom stereocenters. The van der Waals surface area contributed by atoms with E-state index in [9.17, 15) is 22.3 Å². The van der Waals surface area contributed by atoms with E-state index in [0.29, 0.717) is 39.6 Å². The number of sulfone groups is 1. The molecule has 6 rings (SSSR count). The molecule has 3 fully saturated rings. The van der Waals surface area contributed by atoms with Crippen LogP contribution in [0.25, 0.3) is 10.9 Å². The highest BCUT2D eigenvalue weighted by molar-refractivity contribution is 7.91. The minimum Gasteiger partial charge on any atom is -0.395 e. The smallest absolute Gasteiger partial charge is 0.251 e. The number of aryl methyl sites for hydroxylation is 1. The van der Waals surface area contributed by atoms with Crippen molar-refractivity contribution in [2.45, 2.75) is 56.3 Å². The van der Waals surface area contributed by atoms with Gasteiger partial charge in [-0.15, -0.1) is 0 Å². The Bertz CT molecular complexity index is 1530. The molecule has 0 amide bonds. The van der Waals surface area contributed by atoms with E-state index >= 15 is 0 Å². The van der Waals surface area contributed by atoms with Gasteiger partial charge in [-0.2, -0.15) is 4.98 Å². The topological polar surface area (TPSA) is 124 Å². The Morgan fingerprint density at radius 3 is 2.33 bits per heavy atom. The van der Waals surface area contributed by atoms with Crippen molar-refractivity contribution in [1.29, 1.82) is 0 Å². The number of alkyl halides is 2. The van der Waals surface area contributed by atoms with Gasteiger partial charge >= 0.3 is 0 Å². The molecule has 0 radical (unpaired) electrons. The van der Waals surface area contributed by atoms with Gasteiger partial charge in [-0.1, -0.05) is 0 Å². The van der Waals surface area contributed by atoms with Crippen LogP contribution >= 0.6 is 0 Å². The first kappa shape index (κ1) is 27.0. The first-order valence-electron chi connectivity index (χ1n) is 13.7. The van der Waals surface area contributed by atoms with Crippen molar-refractivity contribution in [3.05, 3.63) is 30.2 Å². The monoisotopic (exact) mass is 573 g/mol. The van der Waals surface area contributed by atoms with E-state index < -0.39 is 22.4 Å². The van der Waals surface area contributed by atoms with Crippen molar-refractivity contribution in [1.82, 2.24) is 19.9 Å². The predicted molar refractivity (Wildman–Crippen MR) is 148 cm³/mol. The Labute approximate surface area is 231 Å². The van der Waals surface area contributed by atoms with E-state index in [-0.39, 0.29) is 36.6 Å². The normalized spacial score (nSPS) is 20.2. The van der Waals surface area contributed by atoms with Crippen LogP contribution in [0.2, 0.25) is 0 Å². The fourth-order valence-corrected chi connectivity index (χ4v) is 6.78. The minimum atomic E-state index is -3.71. The number of aliphatic hydroxyl groups is 1. The molecule has 3 aliphatic rings. The van der Waals surface area contributed by atoms with Gasteiger partial charge < -0.3 is 20.2 Å². The summed E-state index contributed by atoms with van der Waals surface area (Å²) in [7, 11) is -3.71. The molecule has 1 aliphatic carbocycles. The van der Waals surface area contributed by atoms with E-state index in [1.807, 2.05) is 6.92 Å². The van der Waals surface area contributed by atoms with E-state index in [1.165, 1.54) is 25.2 Å². The van der Waals surface area contributed by atoms with E-state index in [1.54, 1.807) is 17.0 Å². The Morgan fingerprint density at radius 2 is 1.65 bits per heavy atom. The number of aliphatic hydroxyl groups excluding tert-OH is 1. The van der Waals surface area contributed by atoms with Crippen molar-refractivity contribution < 1.29 is 22.3 Å². The summed E-state index contributed by atoms with van der Waals surface area (Å²) in [6, 6.07) is 4.94. The molecular formula is C27H33F2N7O3S. The second-order valence-corrected chi connectivity index (χ2v) is 13.4. The Morgan fingerprint density at radius 1 is 0.950 bits per heavy atom. The third-order valence-electron chi connectivity index (χ3n) is 8.40. The number of piperidine rings is 2. The average molecular weight is 574 g/mol. The second-order valence-electron chi connectivity index (χ2n) is 11.3. The maximum absolute atomic E-state index is 13.7. The van der Waals surface area contributed by atoms with Crippen molar-refractivity contribution in [3.8, 4) is 0 Å². The molecule has 214 valence electrons. The number of rotatable bonds is 7.